The monoisotopic (exact) mass is 221 g/mol. The lowest BCUT2D eigenvalue weighted by molar-refractivity contribution is 0.637. The first kappa shape index (κ1) is 11.0. The van der Waals surface area contributed by atoms with Gasteiger partial charge in [-0.3, -0.25) is 0 Å². The van der Waals surface area contributed by atoms with E-state index in [-0.39, 0.29) is 0 Å². The Morgan fingerprint density at radius 3 is 2.40 bits per heavy atom. The number of benzene rings is 1. The maximum absolute atomic E-state index is 5.54. The third-order valence-corrected chi connectivity index (χ3v) is 4.15. The Hall–Kier alpha value is -0.470. The van der Waals surface area contributed by atoms with E-state index in [1.165, 1.54) is 35.5 Å². The first-order valence-corrected chi connectivity index (χ1v) is 6.92. The third-order valence-electron chi connectivity index (χ3n) is 3.11. The summed E-state index contributed by atoms with van der Waals surface area (Å²) in [7, 11) is 0. The SMILES string of the molecule is NCCc1ccc(C2CCSCC2)cc1. The van der Waals surface area contributed by atoms with E-state index in [0.29, 0.717) is 0 Å². The molecule has 0 atom stereocenters. The van der Waals surface area contributed by atoms with Crippen molar-refractivity contribution in [2.75, 3.05) is 18.1 Å². The Labute approximate surface area is 96.4 Å². The second-order valence-corrected chi connectivity index (χ2v) is 5.39. The smallest absolute Gasteiger partial charge is 0.00367 e. The van der Waals surface area contributed by atoms with Gasteiger partial charge in [0.1, 0.15) is 0 Å². The highest BCUT2D eigenvalue weighted by molar-refractivity contribution is 7.99. The van der Waals surface area contributed by atoms with Crippen LogP contribution in [0, 0.1) is 0 Å². The Morgan fingerprint density at radius 1 is 1.13 bits per heavy atom. The van der Waals surface area contributed by atoms with Crippen molar-refractivity contribution in [1.29, 1.82) is 0 Å². The molecule has 82 valence electrons. The van der Waals surface area contributed by atoms with Crippen molar-refractivity contribution in [2.24, 2.45) is 5.73 Å². The van der Waals surface area contributed by atoms with Gasteiger partial charge < -0.3 is 5.73 Å². The predicted molar refractivity (Wildman–Crippen MR) is 68.5 cm³/mol. The van der Waals surface area contributed by atoms with Gasteiger partial charge in [-0.2, -0.15) is 11.8 Å². The Morgan fingerprint density at radius 2 is 1.80 bits per heavy atom. The molecule has 0 saturated carbocycles. The second-order valence-electron chi connectivity index (χ2n) is 4.17. The van der Waals surface area contributed by atoms with E-state index in [9.17, 15) is 0 Å². The van der Waals surface area contributed by atoms with Crippen LogP contribution in [-0.4, -0.2) is 18.1 Å². The molecule has 1 aromatic rings. The fourth-order valence-corrected chi connectivity index (χ4v) is 3.26. The van der Waals surface area contributed by atoms with E-state index in [1.54, 1.807) is 0 Å². The van der Waals surface area contributed by atoms with Gasteiger partial charge in [0.15, 0.2) is 0 Å². The van der Waals surface area contributed by atoms with Crippen LogP contribution < -0.4 is 5.73 Å². The molecule has 0 bridgehead atoms. The van der Waals surface area contributed by atoms with Crippen molar-refractivity contribution >= 4 is 11.8 Å². The molecule has 2 N–H and O–H groups in total. The summed E-state index contributed by atoms with van der Waals surface area (Å²) in [5, 5.41) is 0. The Balaban J connectivity index is 2.02. The van der Waals surface area contributed by atoms with Crippen molar-refractivity contribution in [3.05, 3.63) is 35.4 Å². The summed E-state index contributed by atoms with van der Waals surface area (Å²) in [6.07, 6.45) is 3.70. The molecule has 0 aromatic heterocycles. The second kappa shape index (κ2) is 5.57. The lowest BCUT2D eigenvalue weighted by Gasteiger charge is -2.21. The zero-order valence-electron chi connectivity index (χ0n) is 9.11. The minimum atomic E-state index is 0.749. The van der Waals surface area contributed by atoms with Crippen molar-refractivity contribution < 1.29 is 0 Å². The van der Waals surface area contributed by atoms with Crippen LogP contribution in [-0.2, 0) is 6.42 Å². The lowest BCUT2D eigenvalue weighted by atomic mass is 9.92. The molecule has 1 aliphatic heterocycles. The quantitative estimate of drug-likeness (QED) is 0.849. The molecule has 1 fully saturated rings. The maximum atomic E-state index is 5.54. The molecular formula is C13H19NS. The van der Waals surface area contributed by atoms with Gasteiger partial charge in [0.2, 0.25) is 0 Å². The highest BCUT2D eigenvalue weighted by Gasteiger charge is 2.15. The number of rotatable bonds is 3. The van der Waals surface area contributed by atoms with E-state index in [2.05, 4.69) is 36.0 Å². The fraction of sp³-hybridized carbons (Fsp3) is 0.538. The molecule has 2 rings (SSSR count). The summed E-state index contributed by atoms with van der Waals surface area (Å²) in [4.78, 5) is 0. The maximum Gasteiger partial charge on any atom is -0.00367 e. The van der Waals surface area contributed by atoms with Crippen LogP contribution in [0.2, 0.25) is 0 Å². The van der Waals surface area contributed by atoms with Crippen LogP contribution in [0.15, 0.2) is 24.3 Å². The van der Waals surface area contributed by atoms with Gasteiger partial charge in [0.05, 0.1) is 0 Å². The number of hydrogen-bond donors (Lipinski definition) is 1. The molecular weight excluding hydrogens is 202 g/mol. The number of thioether (sulfide) groups is 1. The van der Waals surface area contributed by atoms with Crippen LogP contribution in [0.25, 0.3) is 0 Å². The van der Waals surface area contributed by atoms with Crippen LogP contribution >= 0.6 is 11.8 Å². The zero-order chi connectivity index (χ0) is 10.5. The first-order chi connectivity index (χ1) is 7.40. The summed E-state index contributed by atoms with van der Waals surface area (Å²) in [6, 6.07) is 9.07. The number of hydrogen-bond acceptors (Lipinski definition) is 2. The molecule has 1 aliphatic rings. The van der Waals surface area contributed by atoms with Gasteiger partial charge in [-0.25, -0.2) is 0 Å². The molecule has 0 spiro atoms. The van der Waals surface area contributed by atoms with E-state index in [0.717, 1.165) is 18.9 Å². The van der Waals surface area contributed by atoms with Gasteiger partial charge in [-0.15, -0.1) is 0 Å². The molecule has 1 saturated heterocycles. The molecule has 0 unspecified atom stereocenters. The summed E-state index contributed by atoms with van der Waals surface area (Å²) in [6.45, 7) is 0.749. The van der Waals surface area contributed by atoms with Crippen LogP contribution in [0.4, 0.5) is 0 Å². The standard InChI is InChI=1S/C13H19NS/c14-8-5-11-1-3-12(4-2-11)13-6-9-15-10-7-13/h1-4,13H,5-10,14H2. The largest absolute Gasteiger partial charge is 0.330 e. The summed E-state index contributed by atoms with van der Waals surface area (Å²) >= 11 is 2.09. The molecule has 15 heavy (non-hydrogen) atoms. The molecule has 0 radical (unpaired) electrons. The van der Waals surface area contributed by atoms with Crippen molar-refractivity contribution in [1.82, 2.24) is 0 Å². The first-order valence-electron chi connectivity index (χ1n) is 5.77. The van der Waals surface area contributed by atoms with Crippen molar-refractivity contribution in [2.45, 2.75) is 25.2 Å². The van der Waals surface area contributed by atoms with Gasteiger partial charge in [0.25, 0.3) is 0 Å². The summed E-state index contributed by atoms with van der Waals surface area (Å²) < 4.78 is 0. The van der Waals surface area contributed by atoms with Crippen LogP contribution in [0.3, 0.4) is 0 Å². The topological polar surface area (TPSA) is 26.0 Å². The molecule has 0 amide bonds. The van der Waals surface area contributed by atoms with Gasteiger partial charge in [0, 0.05) is 0 Å². The lowest BCUT2D eigenvalue weighted by Crippen LogP contribution is -2.08. The van der Waals surface area contributed by atoms with Crippen LogP contribution in [0.5, 0.6) is 0 Å². The van der Waals surface area contributed by atoms with Crippen molar-refractivity contribution in [3.8, 4) is 0 Å². The highest BCUT2D eigenvalue weighted by atomic mass is 32.2. The Bertz CT molecular complexity index is 288. The molecule has 1 aromatic carbocycles. The predicted octanol–water partition coefficient (Wildman–Crippen LogP) is 2.80. The minimum Gasteiger partial charge on any atom is -0.330 e. The Kier molecular flexibility index (Phi) is 4.09. The molecule has 2 heteroatoms. The van der Waals surface area contributed by atoms with E-state index < -0.39 is 0 Å². The third kappa shape index (κ3) is 2.99. The average molecular weight is 221 g/mol. The zero-order valence-corrected chi connectivity index (χ0v) is 9.93. The van der Waals surface area contributed by atoms with E-state index >= 15 is 0 Å². The van der Waals surface area contributed by atoms with Gasteiger partial charge >= 0.3 is 0 Å². The molecule has 1 nitrogen and oxygen atoms in total. The van der Waals surface area contributed by atoms with Crippen LogP contribution in [0.1, 0.15) is 29.9 Å². The fourth-order valence-electron chi connectivity index (χ4n) is 2.15. The van der Waals surface area contributed by atoms with E-state index in [4.69, 9.17) is 5.73 Å². The average Bonchev–Trinajstić information content (AvgIpc) is 2.32. The van der Waals surface area contributed by atoms with Gasteiger partial charge in [-0.1, -0.05) is 24.3 Å². The van der Waals surface area contributed by atoms with E-state index in [1.807, 2.05) is 0 Å². The van der Waals surface area contributed by atoms with Gasteiger partial charge in [-0.05, 0) is 54.4 Å². The summed E-state index contributed by atoms with van der Waals surface area (Å²) in [5.41, 5.74) is 8.43. The van der Waals surface area contributed by atoms with Crippen molar-refractivity contribution in [3.63, 3.8) is 0 Å². The summed E-state index contributed by atoms with van der Waals surface area (Å²) in [5.74, 6) is 3.46. The molecule has 1 heterocycles. The minimum absolute atomic E-state index is 0.749. The highest BCUT2D eigenvalue weighted by Crippen LogP contribution is 2.31. The number of nitrogens with two attached hydrogens (primary N) is 1. The molecule has 0 aliphatic carbocycles. The normalized spacial score (nSPS) is 17.9.